The van der Waals surface area contributed by atoms with Crippen molar-refractivity contribution in [2.75, 3.05) is 5.75 Å². The molecule has 1 aliphatic rings. The minimum Gasteiger partial charge on any atom is -0.458 e. The van der Waals surface area contributed by atoms with Crippen LogP contribution in [0.25, 0.3) is 0 Å². The molecule has 0 aromatic heterocycles. The SMILES string of the molecule is CC(C(=O)OC(C)(C)C)N1C(=O)CSC1S. The number of thioether (sulfide) groups is 1. The lowest BCUT2D eigenvalue weighted by atomic mass is 10.2. The van der Waals surface area contributed by atoms with Crippen molar-refractivity contribution in [1.82, 2.24) is 4.90 Å². The number of carbonyl (C=O) groups is 2. The number of rotatable bonds is 2. The van der Waals surface area contributed by atoms with Crippen LogP contribution in [0, 0.1) is 0 Å². The number of hydrogen-bond acceptors (Lipinski definition) is 5. The average molecular weight is 263 g/mol. The van der Waals surface area contributed by atoms with Crippen molar-refractivity contribution in [3.63, 3.8) is 0 Å². The van der Waals surface area contributed by atoms with Gasteiger partial charge in [-0.05, 0) is 27.7 Å². The number of hydrogen-bond donors (Lipinski definition) is 1. The number of thiol groups is 1. The Morgan fingerprint density at radius 2 is 2.19 bits per heavy atom. The molecule has 0 aliphatic carbocycles. The standard InChI is InChI=1S/C10H17NO3S2/c1-6(8(13)14-10(2,3)4)11-7(12)5-16-9(11)15/h6,9,15H,5H2,1-4H3. The second kappa shape index (κ2) is 4.87. The van der Waals surface area contributed by atoms with Crippen LogP contribution < -0.4 is 0 Å². The van der Waals surface area contributed by atoms with E-state index in [4.69, 9.17) is 4.74 Å². The molecule has 1 rings (SSSR count). The van der Waals surface area contributed by atoms with Gasteiger partial charge in [0.2, 0.25) is 5.91 Å². The van der Waals surface area contributed by atoms with Crippen LogP contribution in [0.15, 0.2) is 0 Å². The van der Waals surface area contributed by atoms with E-state index in [0.29, 0.717) is 5.75 Å². The van der Waals surface area contributed by atoms with Gasteiger partial charge in [0.05, 0.1) is 5.75 Å². The molecule has 1 heterocycles. The number of ether oxygens (including phenoxy) is 1. The van der Waals surface area contributed by atoms with Gasteiger partial charge in [-0.25, -0.2) is 4.79 Å². The van der Waals surface area contributed by atoms with E-state index >= 15 is 0 Å². The maximum atomic E-state index is 11.8. The van der Waals surface area contributed by atoms with Gasteiger partial charge >= 0.3 is 5.97 Å². The fourth-order valence-electron chi connectivity index (χ4n) is 1.33. The van der Waals surface area contributed by atoms with Crippen LogP contribution >= 0.6 is 24.4 Å². The van der Waals surface area contributed by atoms with Crippen molar-refractivity contribution < 1.29 is 14.3 Å². The van der Waals surface area contributed by atoms with Gasteiger partial charge in [-0.15, -0.1) is 24.4 Å². The Balaban J connectivity index is 2.67. The van der Waals surface area contributed by atoms with Crippen LogP contribution in [0.2, 0.25) is 0 Å². The molecular weight excluding hydrogens is 246 g/mol. The topological polar surface area (TPSA) is 46.6 Å². The van der Waals surface area contributed by atoms with Gasteiger partial charge in [-0.3, -0.25) is 4.79 Å². The normalized spacial score (nSPS) is 23.4. The fourth-order valence-corrected chi connectivity index (χ4v) is 2.79. The summed E-state index contributed by atoms with van der Waals surface area (Å²) in [5, 5.41) is 0. The Morgan fingerprint density at radius 1 is 1.62 bits per heavy atom. The smallest absolute Gasteiger partial charge is 0.329 e. The van der Waals surface area contributed by atoms with Crippen molar-refractivity contribution >= 4 is 36.3 Å². The van der Waals surface area contributed by atoms with Crippen molar-refractivity contribution in [3.05, 3.63) is 0 Å². The van der Waals surface area contributed by atoms with Gasteiger partial charge in [-0.2, -0.15) is 0 Å². The molecule has 6 heteroatoms. The molecular formula is C10H17NO3S2. The van der Waals surface area contributed by atoms with Crippen LogP contribution in [0.3, 0.4) is 0 Å². The zero-order chi connectivity index (χ0) is 12.5. The van der Waals surface area contributed by atoms with Crippen molar-refractivity contribution in [1.29, 1.82) is 0 Å². The first-order chi connectivity index (χ1) is 7.22. The van der Waals surface area contributed by atoms with E-state index in [0.717, 1.165) is 0 Å². The highest BCUT2D eigenvalue weighted by molar-refractivity contribution is 8.11. The van der Waals surface area contributed by atoms with E-state index in [1.807, 2.05) is 0 Å². The quantitative estimate of drug-likeness (QED) is 0.606. The lowest BCUT2D eigenvalue weighted by Crippen LogP contribution is -2.45. The summed E-state index contributed by atoms with van der Waals surface area (Å²) in [7, 11) is 0. The van der Waals surface area contributed by atoms with Crippen LogP contribution in [-0.4, -0.2) is 38.9 Å². The summed E-state index contributed by atoms with van der Waals surface area (Å²) >= 11 is 5.66. The van der Waals surface area contributed by atoms with E-state index < -0.39 is 11.6 Å². The molecule has 2 atom stereocenters. The summed E-state index contributed by atoms with van der Waals surface area (Å²) in [5.41, 5.74) is -0.534. The van der Waals surface area contributed by atoms with Crippen LogP contribution in [0.4, 0.5) is 0 Å². The lowest BCUT2D eigenvalue weighted by molar-refractivity contribution is -0.163. The maximum absolute atomic E-state index is 11.8. The van der Waals surface area contributed by atoms with E-state index in [2.05, 4.69) is 12.6 Å². The fraction of sp³-hybridized carbons (Fsp3) is 0.800. The lowest BCUT2D eigenvalue weighted by Gasteiger charge is -2.29. The van der Waals surface area contributed by atoms with Crippen molar-refractivity contribution in [2.24, 2.45) is 0 Å². The summed E-state index contributed by atoms with van der Waals surface area (Å²) in [6, 6.07) is -0.579. The first-order valence-corrected chi connectivity index (χ1v) is 6.62. The molecule has 0 saturated carbocycles. The molecule has 0 radical (unpaired) electrons. The summed E-state index contributed by atoms with van der Waals surface area (Å²) in [6.07, 6.45) is 0. The van der Waals surface area contributed by atoms with Gasteiger partial charge in [-0.1, -0.05) is 0 Å². The predicted octanol–water partition coefficient (Wildman–Crippen LogP) is 1.51. The molecule has 1 amide bonds. The Hall–Kier alpha value is -0.360. The highest BCUT2D eigenvalue weighted by Gasteiger charge is 2.37. The molecule has 0 spiro atoms. The molecule has 0 bridgehead atoms. The monoisotopic (exact) mass is 263 g/mol. The third-order valence-electron chi connectivity index (χ3n) is 2.05. The largest absolute Gasteiger partial charge is 0.458 e. The highest BCUT2D eigenvalue weighted by Crippen LogP contribution is 2.30. The van der Waals surface area contributed by atoms with Gasteiger partial charge in [0.25, 0.3) is 0 Å². The molecule has 92 valence electrons. The van der Waals surface area contributed by atoms with E-state index in [1.54, 1.807) is 27.7 Å². The molecule has 16 heavy (non-hydrogen) atoms. The van der Waals surface area contributed by atoms with Gasteiger partial charge in [0, 0.05) is 0 Å². The van der Waals surface area contributed by atoms with E-state index in [-0.39, 0.29) is 16.6 Å². The summed E-state index contributed by atoms with van der Waals surface area (Å²) < 4.78 is 4.98. The second-order valence-corrected chi connectivity index (χ2v) is 6.55. The number of carbonyl (C=O) groups excluding carboxylic acids is 2. The minimum absolute atomic E-state index is 0.0663. The molecule has 2 unspecified atom stereocenters. The van der Waals surface area contributed by atoms with Gasteiger partial charge in [0.15, 0.2) is 0 Å². The molecule has 1 aliphatic heterocycles. The van der Waals surface area contributed by atoms with Crippen molar-refractivity contribution in [3.8, 4) is 0 Å². The van der Waals surface area contributed by atoms with E-state index in [1.165, 1.54) is 16.7 Å². The maximum Gasteiger partial charge on any atom is 0.329 e. The first kappa shape index (κ1) is 13.7. The molecule has 0 N–H and O–H groups in total. The van der Waals surface area contributed by atoms with Crippen molar-refractivity contribution in [2.45, 2.75) is 44.0 Å². The van der Waals surface area contributed by atoms with E-state index in [9.17, 15) is 9.59 Å². The van der Waals surface area contributed by atoms with Crippen LogP contribution in [0.1, 0.15) is 27.7 Å². The predicted molar refractivity (Wildman–Crippen MR) is 67.4 cm³/mol. The number of esters is 1. The number of nitrogens with zero attached hydrogens (tertiary/aromatic N) is 1. The summed E-state index contributed by atoms with van der Waals surface area (Å²) in [4.78, 5) is 24.8. The van der Waals surface area contributed by atoms with Crippen LogP contribution in [-0.2, 0) is 14.3 Å². The molecule has 1 saturated heterocycles. The first-order valence-electron chi connectivity index (χ1n) is 5.06. The Bertz CT molecular complexity index is 301. The third kappa shape index (κ3) is 3.31. The zero-order valence-corrected chi connectivity index (χ0v) is 11.6. The number of amides is 1. The Kier molecular flexibility index (Phi) is 4.17. The highest BCUT2D eigenvalue weighted by atomic mass is 32.2. The summed E-state index contributed by atoms with van der Waals surface area (Å²) in [5.74, 6) is -0.0767. The molecule has 1 fully saturated rings. The second-order valence-electron chi connectivity index (χ2n) is 4.65. The van der Waals surface area contributed by atoms with Gasteiger partial charge in [0.1, 0.15) is 16.3 Å². The van der Waals surface area contributed by atoms with Crippen LogP contribution in [0.5, 0.6) is 0 Å². The minimum atomic E-state index is -0.579. The Morgan fingerprint density at radius 3 is 2.56 bits per heavy atom. The summed E-state index contributed by atoms with van der Waals surface area (Å²) in [6.45, 7) is 7.07. The van der Waals surface area contributed by atoms with Gasteiger partial charge < -0.3 is 9.64 Å². The molecule has 4 nitrogen and oxygen atoms in total. The average Bonchev–Trinajstić information content (AvgIpc) is 2.42. The molecule has 0 aromatic carbocycles. The zero-order valence-electron chi connectivity index (χ0n) is 9.89. The Labute approximate surface area is 105 Å². The molecule has 0 aromatic rings. The third-order valence-corrected chi connectivity index (χ3v) is 3.68.